The number of nitrogens with zero attached hydrogens (tertiary/aromatic N) is 1. The van der Waals surface area contributed by atoms with Gasteiger partial charge in [0.2, 0.25) is 6.79 Å². The first-order chi connectivity index (χ1) is 12.0. The van der Waals surface area contributed by atoms with Crippen LogP contribution in [-0.2, 0) is 6.54 Å². The fraction of sp³-hybridized carbons (Fsp3) is 0.278. The Morgan fingerprint density at radius 2 is 1.76 bits per heavy atom. The van der Waals surface area contributed by atoms with Crippen molar-refractivity contribution in [2.45, 2.75) is 6.54 Å². The van der Waals surface area contributed by atoms with Gasteiger partial charge < -0.3 is 23.8 Å². The van der Waals surface area contributed by atoms with Gasteiger partial charge in [-0.25, -0.2) is 0 Å². The van der Waals surface area contributed by atoms with Crippen LogP contribution in [0.25, 0.3) is 0 Å². The van der Waals surface area contributed by atoms with E-state index in [-0.39, 0.29) is 12.7 Å². The lowest BCUT2D eigenvalue weighted by atomic mass is 10.1. The molecule has 1 heterocycles. The van der Waals surface area contributed by atoms with E-state index in [4.69, 9.17) is 18.9 Å². The molecule has 6 nitrogen and oxygen atoms in total. The highest BCUT2D eigenvalue weighted by atomic mass is 79.9. The van der Waals surface area contributed by atoms with E-state index < -0.39 is 0 Å². The second kappa shape index (κ2) is 7.23. The molecule has 0 spiro atoms. The Labute approximate surface area is 154 Å². The summed E-state index contributed by atoms with van der Waals surface area (Å²) in [5.41, 5.74) is 1.44. The van der Waals surface area contributed by atoms with E-state index in [0.717, 1.165) is 11.3 Å². The second-order valence-electron chi connectivity index (χ2n) is 5.54. The van der Waals surface area contributed by atoms with Crippen LogP contribution >= 0.6 is 15.9 Å². The van der Waals surface area contributed by atoms with E-state index >= 15 is 0 Å². The van der Waals surface area contributed by atoms with Crippen LogP contribution < -0.4 is 18.9 Å². The number of rotatable bonds is 5. The Bertz CT molecular complexity index is 783. The number of amides is 1. The average molecular weight is 408 g/mol. The van der Waals surface area contributed by atoms with Gasteiger partial charge >= 0.3 is 0 Å². The smallest absolute Gasteiger partial charge is 0.254 e. The molecular weight excluding hydrogens is 390 g/mol. The average Bonchev–Trinajstić information content (AvgIpc) is 3.09. The maximum Gasteiger partial charge on any atom is 0.254 e. The van der Waals surface area contributed by atoms with Gasteiger partial charge in [0.15, 0.2) is 11.5 Å². The van der Waals surface area contributed by atoms with Crippen LogP contribution in [-0.4, -0.2) is 38.9 Å². The van der Waals surface area contributed by atoms with Crippen molar-refractivity contribution in [1.82, 2.24) is 4.90 Å². The number of hydrogen-bond acceptors (Lipinski definition) is 5. The van der Waals surface area contributed by atoms with Crippen molar-refractivity contribution in [3.63, 3.8) is 0 Å². The summed E-state index contributed by atoms with van der Waals surface area (Å²) in [6, 6.07) is 9.02. The Kier molecular flexibility index (Phi) is 5.03. The molecule has 0 radical (unpaired) electrons. The van der Waals surface area contributed by atoms with Crippen molar-refractivity contribution in [1.29, 1.82) is 0 Å². The molecule has 0 unspecified atom stereocenters. The molecule has 0 aliphatic carbocycles. The topological polar surface area (TPSA) is 57.2 Å². The molecule has 0 fully saturated rings. The Morgan fingerprint density at radius 1 is 1.12 bits per heavy atom. The van der Waals surface area contributed by atoms with Gasteiger partial charge in [0, 0.05) is 19.2 Å². The van der Waals surface area contributed by atoms with Gasteiger partial charge in [-0.3, -0.25) is 4.79 Å². The third kappa shape index (κ3) is 3.51. The molecule has 132 valence electrons. The summed E-state index contributed by atoms with van der Waals surface area (Å²) in [6.07, 6.45) is 0. The summed E-state index contributed by atoms with van der Waals surface area (Å²) >= 11 is 3.40. The zero-order valence-electron chi connectivity index (χ0n) is 14.2. The van der Waals surface area contributed by atoms with Crippen LogP contribution in [0, 0.1) is 0 Å². The van der Waals surface area contributed by atoms with E-state index in [2.05, 4.69) is 15.9 Å². The van der Waals surface area contributed by atoms with E-state index in [0.29, 0.717) is 33.8 Å². The molecule has 0 saturated carbocycles. The van der Waals surface area contributed by atoms with Gasteiger partial charge in [0.25, 0.3) is 5.91 Å². The monoisotopic (exact) mass is 407 g/mol. The van der Waals surface area contributed by atoms with Gasteiger partial charge in [-0.2, -0.15) is 0 Å². The lowest BCUT2D eigenvalue weighted by Gasteiger charge is -2.19. The summed E-state index contributed by atoms with van der Waals surface area (Å²) in [6.45, 7) is 0.669. The molecule has 0 bridgehead atoms. The van der Waals surface area contributed by atoms with Gasteiger partial charge in [-0.15, -0.1) is 0 Å². The molecule has 2 aromatic rings. The molecule has 1 aliphatic heterocycles. The van der Waals surface area contributed by atoms with E-state index in [1.807, 2.05) is 18.2 Å². The van der Waals surface area contributed by atoms with E-state index in [1.165, 1.54) is 0 Å². The van der Waals surface area contributed by atoms with Crippen molar-refractivity contribution >= 4 is 21.8 Å². The predicted molar refractivity (Wildman–Crippen MR) is 95.6 cm³/mol. The van der Waals surface area contributed by atoms with Crippen LogP contribution in [0.2, 0.25) is 0 Å². The molecule has 1 aliphatic rings. The van der Waals surface area contributed by atoms with Crippen molar-refractivity contribution in [2.75, 3.05) is 28.1 Å². The minimum Gasteiger partial charge on any atom is -0.495 e. The quantitative estimate of drug-likeness (QED) is 0.759. The number of benzene rings is 2. The van der Waals surface area contributed by atoms with Crippen LogP contribution in [0.5, 0.6) is 23.0 Å². The molecule has 1 amide bonds. The maximum absolute atomic E-state index is 12.8. The van der Waals surface area contributed by atoms with Crippen LogP contribution in [0.4, 0.5) is 0 Å². The Morgan fingerprint density at radius 3 is 2.40 bits per heavy atom. The summed E-state index contributed by atoms with van der Waals surface area (Å²) in [4.78, 5) is 14.4. The van der Waals surface area contributed by atoms with Gasteiger partial charge in [0.1, 0.15) is 16.0 Å². The second-order valence-corrected chi connectivity index (χ2v) is 6.34. The van der Waals surface area contributed by atoms with E-state index in [1.54, 1.807) is 38.3 Å². The van der Waals surface area contributed by atoms with Crippen LogP contribution in [0.1, 0.15) is 15.9 Å². The summed E-state index contributed by atoms with van der Waals surface area (Å²) < 4.78 is 21.9. The first-order valence-electron chi connectivity index (χ1n) is 7.59. The summed E-state index contributed by atoms with van der Waals surface area (Å²) in [5.74, 6) is 2.37. The molecule has 0 N–H and O–H groups in total. The fourth-order valence-corrected chi connectivity index (χ4v) is 3.15. The maximum atomic E-state index is 12.8. The number of hydrogen-bond donors (Lipinski definition) is 0. The highest BCUT2D eigenvalue weighted by molar-refractivity contribution is 9.10. The molecule has 25 heavy (non-hydrogen) atoms. The lowest BCUT2D eigenvalue weighted by Crippen LogP contribution is -2.26. The highest BCUT2D eigenvalue weighted by Crippen LogP contribution is 2.36. The number of halogens is 1. The molecule has 0 atom stereocenters. The summed E-state index contributed by atoms with van der Waals surface area (Å²) in [5, 5.41) is 0. The first kappa shape index (κ1) is 17.4. The van der Waals surface area contributed by atoms with Crippen molar-refractivity contribution in [2.24, 2.45) is 0 Å². The fourth-order valence-electron chi connectivity index (χ4n) is 2.60. The molecule has 3 rings (SSSR count). The zero-order valence-corrected chi connectivity index (χ0v) is 15.8. The standard InChI is InChI=1S/C18H18BrNO5/c1-20(9-11-4-5-13-14(6-11)25-10-24-13)18(21)12-7-15(22-2)17(19)16(8-12)23-3/h4-8H,9-10H2,1-3H3. The summed E-state index contributed by atoms with van der Waals surface area (Å²) in [7, 11) is 4.84. The zero-order chi connectivity index (χ0) is 18.0. The Balaban J connectivity index is 1.80. The number of carbonyl (C=O) groups is 1. The lowest BCUT2D eigenvalue weighted by molar-refractivity contribution is 0.0784. The van der Waals surface area contributed by atoms with Crippen molar-refractivity contribution < 1.29 is 23.7 Å². The number of methoxy groups -OCH3 is 2. The van der Waals surface area contributed by atoms with Crippen LogP contribution in [0.3, 0.4) is 0 Å². The number of carbonyl (C=O) groups excluding carboxylic acids is 1. The molecule has 0 saturated heterocycles. The first-order valence-corrected chi connectivity index (χ1v) is 8.38. The molecule has 2 aromatic carbocycles. The molecular formula is C18H18BrNO5. The number of fused-ring (bicyclic) bond motifs is 1. The van der Waals surface area contributed by atoms with Gasteiger partial charge in [0.05, 0.1) is 14.2 Å². The van der Waals surface area contributed by atoms with Crippen LogP contribution in [0.15, 0.2) is 34.8 Å². The highest BCUT2D eigenvalue weighted by Gasteiger charge is 2.19. The van der Waals surface area contributed by atoms with E-state index in [9.17, 15) is 4.79 Å². The van der Waals surface area contributed by atoms with Crippen molar-refractivity contribution in [3.05, 3.63) is 45.9 Å². The van der Waals surface area contributed by atoms with Crippen molar-refractivity contribution in [3.8, 4) is 23.0 Å². The minimum absolute atomic E-state index is 0.137. The third-order valence-corrected chi connectivity index (χ3v) is 4.68. The molecule has 7 heteroatoms. The largest absolute Gasteiger partial charge is 0.495 e. The number of ether oxygens (including phenoxy) is 4. The molecule has 0 aromatic heterocycles. The third-order valence-electron chi connectivity index (χ3n) is 3.90. The Hall–Kier alpha value is -2.41. The normalized spacial score (nSPS) is 12.0. The minimum atomic E-state index is -0.137. The predicted octanol–water partition coefficient (Wildman–Crippen LogP) is 3.47. The SMILES string of the molecule is COc1cc(C(=O)N(C)Cc2ccc3c(c2)OCO3)cc(OC)c1Br. The van der Waals surface area contributed by atoms with Gasteiger partial charge in [-0.1, -0.05) is 6.07 Å². The van der Waals surface area contributed by atoms with Gasteiger partial charge in [-0.05, 0) is 45.8 Å².